The third-order valence-electron chi connectivity index (χ3n) is 7.88. The van der Waals surface area contributed by atoms with E-state index in [9.17, 15) is 23.2 Å². The van der Waals surface area contributed by atoms with Gasteiger partial charge in [-0.25, -0.2) is 13.6 Å². The van der Waals surface area contributed by atoms with Gasteiger partial charge in [-0.3, -0.25) is 18.7 Å². The monoisotopic (exact) mass is 607 g/mol. The number of aryl methyl sites for hydroxylation is 1. The minimum atomic E-state index is -1.30. The van der Waals surface area contributed by atoms with Crippen molar-refractivity contribution in [1.29, 1.82) is 0 Å². The van der Waals surface area contributed by atoms with E-state index in [2.05, 4.69) is 0 Å². The molecule has 0 unspecified atom stereocenters. The number of benzene rings is 3. The zero-order chi connectivity index (χ0) is 31.2. The Balaban J connectivity index is 1.51. The predicted octanol–water partition coefficient (Wildman–Crippen LogP) is 4.59. The van der Waals surface area contributed by atoms with Gasteiger partial charge in [-0.2, -0.15) is 0 Å². The number of carbonyl (C=O) groups is 1. The number of hydrogen-bond acceptors (Lipinski definition) is 6. The van der Waals surface area contributed by atoms with Gasteiger partial charge in [0.1, 0.15) is 25.7 Å². The maximum Gasteiger partial charge on any atom is 0.332 e. The van der Waals surface area contributed by atoms with E-state index in [1.165, 1.54) is 19.2 Å². The number of rotatable bonds is 12. The summed E-state index contributed by atoms with van der Waals surface area (Å²) in [5.41, 5.74) is 2.11. The van der Waals surface area contributed by atoms with Crippen molar-refractivity contribution in [3.8, 4) is 17.2 Å². The van der Waals surface area contributed by atoms with Gasteiger partial charge in [-0.05, 0) is 61.2 Å². The Labute approximate surface area is 253 Å². The van der Waals surface area contributed by atoms with Gasteiger partial charge in [0.2, 0.25) is 6.41 Å². The highest BCUT2D eigenvalue weighted by molar-refractivity contribution is 5.80. The third kappa shape index (κ3) is 6.61. The molecule has 3 aromatic carbocycles. The van der Waals surface area contributed by atoms with E-state index in [0.717, 1.165) is 22.1 Å². The van der Waals surface area contributed by atoms with Crippen LogP contribution in [-0.2, 0) is 17.9 Å². The summed E-state index contributed by atoms with van der Waals surface area (Å²) in [5, 5.41) is 0.182. The van der Waals surface area contributed by atoms with Crippen LogP contribution in [0.5, 0.6) is 17.2 Å². The summed E-state index contributed by atoms with van der Waals surface area (Å²) in [6.07, 6.45) is 0.538. The van der Waals surface area contributed by atoms with Gasteiger partial charge >= 0.3 is 5.69 Å². The first-order chi connectivity index (χ1) is 21.3. The lowest BCUT2D eigenvalue weighted by Crippen LogP contribution is -2.44. The normalized spacial score (nSPS) is 13.8. The second-order valence-electron chi connectivity index (χ2n) is 10.9. The molecular formula is C33H35F2N3O6. The fourth-order valence-electron chi connectivity index (χ4n) is 5.43. The van der Waals surface area contributed by atoms with Gasteiger partial charge in [-0.1, -0.05) is 35.9 Å². The molecule has 11 heteroatoms. The van der Waals surface area contributed by atoms with Crippen LogP contribution in [0, 0.1) is 6.92 Å². The van der Waals surface area contributed by atoms with Crippen molar-refractivity contribution < 1.29 is 27.8 Å². The lowest BCUT2D eigenvalue weighted by atomic mass is 10.0. The van der Waals surface area contributed by atoms with Crippen molar-refractivity contribution in [2.24, 2.45) is 0 Å². The molecule has 9 nitrogen and oxygen atoms in total. The number of alkyl halides is 2. The van der Waals surface area contributed by atoms with Gasteiger partial charge in [0.15, 0.2) is 17.6 Å². The quantitative estimate of drug-likeness (QED) is 0.219. The maximum atomic E-state index is 14.0. The highest BCUT2D eigenvalue weighted by Crippen LogP contribution is 2.30. The summed E-state index contributed by atoms with van der Waals surface area (Å²) in [5.74, 6) is 1.09. The third-order valence-corrected chi connectivity index (χ3v) is 7.88. The fraction of sp³-hybridized carbons (Fsp3) is 0.364. The number of ether oxygens (including phenoxy) is 3. The number of fused-ring (bicyclic) bond motifs is 1. The number of hydrogen-bond donors (Lipinski definition) is 0. The van der Waals surface area contributed by atoms with E-state index in [4.69, 9.17) is 14.2 Å². The van der Waals surface area contributed by atoms with Crippen LogP contribution >= 0.6 is 0 Å². The molecule has 1 aliphatic heterocycles. The first-order valence-corrected chi connectivity index (χ1v) is 14.5. The average Bonchev–Trinajstić information content (AvgIpc) is 3.06. The Morgan fingerprint density at radius 1 is 0.932 bits per heavy atom. The van der Waals surface area contributed by atoms with E-state index in [1.54, 1.807) is 33.7 Å². The lowest BCUT2D eigenvalue weighted by molar-refractivity contribution is -0.119. The van der Waals surface area contributed by atoms with Crippen molar-refractivity contribution in [2.45, 2.75) is 45.1 Å². The van der Waals surface area contributed by atoms with Gasteiger partial charge in [0, 0.05) is 19.1 Å². The van der Waals surface area contributed by atoms with E-state index in [-0.39, 0.29) is 23.7 Å². The summed E-state index contributed by atoms with van der Waals surface area (Å²) in [6, 6.07) is 17.4. The molecule has 0 N–H and O–H groups in total. The molecule has 1 fully saturated rings. The zero-order valence-electron chi connectivity index (χ0n) is 24.7. The van der Waals surface area contributed by atoms with Crippen molar-refractivity contribution >= 4 is 17.3 Å². The molecule has 0 bridgehead atoms. The SMILES string of the molecule is COc1cc(Cn2c(=O)c3cc(OC(CF)CF)ccc3n(C3CCN(C=O)CC3)c2=O)ccc1OCc1ccc(C)cc1. The standard InChI is InChI=1S/C33H35F2N3O6/c1-22-3-5-23(6-4-22)20-43-30-10-7-24(15-31(30)42-2)19-37-32(40)28-16-26(44-27(17-34)18-35)8-9-29(28)38(33(37)41)25-11-13-36(21-39)14-12-25/h3-10,15-16,21,25,27H,11-14,17-20H2,1-2H3. The summed E-state index contributed by atoms with van der Waals surface area (Å²) < 4.78 is 46.1. The van der Waals surface area contributed by atoms with E-state index >= 15 is 0 Å². The molecule has 5 rings (SSSR count). The lowest BCUT2D eigenvalue weighted by Gasteiger charge is -2.31. The van der Waals surface area contributed by atoms with Crippen LogP contribution in [0.25, 0.3) is 10.9 Å². The van der Waals surface area contributed by atoms with Gasteiger partial charge in [-0.15, -0.1) is 0 Å². The molecule has 0 radical (unpaired) electrons. The largest absolute Gasteiger partial charge is 0.493 e. The molecule has 0 saturated carbocycles. The molecule has 44 heavy (non-hydrogen) atoms. The van der Waals surface area contributed by atoms with Crippen LogP contribution in [-0.4, -0.2) is 60.1 Å². The van der Waals surface area contributed by atoms with Crippen LogP contribution < -0.4 is 25.5 Å². The molecule has 1 aliphatic rings. The Hall–Kier alpha value is -4.67. The van der Waals surface area contributed by atoms with Crippen molar-refractivity contribution in [2.75, 3.05) is 33.5 Å². The predicted molar refractivity (Wildman–Crippen MR) is 162 cm³/mol. The summed E-state index contributed by atoms with van der Waals surface area (Å²) in [4.78, 5) is 40.7. The Kier molecular flexibility index (Phi) is 9.62. The van der Waals surface area contributed by atoms with E-state index < -0.39 is 30.7 Å². The van der Waals surface area contributed by atoms with Crippen LogP contribution in [0.2, 0.25) is 0 Å². The highest BCUT2D eigenvalue weighted by atomic mass is 19.1. The second-order valence-corrected chi connectivity index (χ2v) is 10.9. The minimum absolute atomic E-state index is 0.0575. The number of aromatic nitrogens is 2. The second kappa shape index (κ2) is 13.7. The molecule has 1 amide bonds. The van der Waals surface area contributed by atoms with Crippen molar-refractivity contribution in [3.05, 3.63) is 98.2 Å². The van der Waals surface area contributed by atoms with Crippen LogP contribution in [0.15, 0.2) is 70.3 Å². The van der Waals surface area contributed by atoms with Gasteiger partial charge < -0.3 is 19.1 Å². The topological polar surface area (TPSA) is 92.0 Å². The summed E-state index contributed by atoms with van der Waals surface area (Å²) in [7, 11) is 1.52. The molecule has 232 valence electrons. The Bertz CT molecular complexity index is 1730. The molecule has 1 saturated heterocycles. The smallest absolute Gasteiger partial charge is 0.332 e. The van der Waals surface area contributed by atoms with Crippen LogP contribution in [0.4, 0.5) is 8.78 Å². The summed E-state index contributed by atoms with van der Waals surface area (Å²) >= 11 is 0. The van der Waals surface area contributed by atoms with E-state index in [0.29, 0.717) is 55.1 Å². The molecule has 2 heterocycles. The Morgan fingerprint density at radius 2 is 1.64 bits per heavy atom. The van der Waals surface area contributed by atoms with Crippen LogP contribution in [0.3, 0.4) is 0 Å². The number of nitrogens with zero attached hydrogens (tertiary/aromatic N) is 3. The molecule has 0 aliphatic carbocycles. The number of methoxy groups -OCH3 is 1. The van der Waals surface area contributed by atoms with Crippen molar-refractivity contribution in [1.82, 2.24) is 14.0 Å². The molecule has 1 aromatic heterocycles. The fourth-order valence-corrected chi connectivity index (χ4v) is 5.43. The number of halogens is 2. The first kappa shape index (κ1) is 30.8. The van der Waals surface area contributed by atoms with Gasteiger partial charge in [0.05, 0.1) is 24.6 Å². The number of carbonyl (C=O) groups excluding carboxylic acids is 1. The first-order valence-electron chi connectivity index (χ1n) is 14.5. The maximum absolute atomic E-state index is 14.0. The zero-order valence-corrected chi connectivity index (χ0v) is 24.7. The summed E-state index contributed by atoms with van der Waals surface area (Å²) in [6.45, 7) is 1.18. The van der Waals surface area contributed by atoms with Crippen LogP contribution in [0.1, 0.15) is 35.6 Å². The number of likely N-dealkylation sites (tertiary alicyclic amines) is 1. The number of piperidine rings is 1. The Morgan fingerprint density at radius 3 is 2.30 bits per heavy atom. The van der Waals surface area contributed by atoms with E-state index in [1.807, 2.05) is 31.2 Å². The molecule has 0 atom stereocenters. The number of amides is 1. The molecular weight excluding hydrogens is 572 g/mol. The minimum Gasteiger partial charge on any atom is -0.493 e. The van der Waals surface area contributed by atoms with Crippen molar-refractivity contribution in [3.63, 3.8) is 0 Å². The van der Waals surface area contributed by atoms with Gasteiger partial charge in [0.25, 0.3) is 5.56 Å². The average molecular weight is 608 g/mol. The molecule has 0 spiro atoms. The molecule has 4 aromatic rings. The highest BCUT2D eigenvalue weighted by Gasteiger charge is 2.25.